The highest BCUT2D eigenvalue weighted by Crippen LogP contribution is 2.32. The lowest BCUT2D eigenvalue weighted by Gasteiger charge is -2.08. The van der Waals surface area contributed by atoms with Gasteiger partial charge in [0, 0.05) is 6.54 Å². The summed E-state index contributed by atoms with van der Waals surface area (Å²) in [5.74, 6) is 0.299. The predicted molar refractivity (Wildman–Crippen MR) is 46.6 cm³/mol. The van der Waals surface area contributed by atoms with Crippen LogP contribution in [0.1, 0.15) is 19.8 Å². The van der Waals surface area contributed by atoms with Gasteiger partial charge in [0.2, 0.25) is 5.91 Å². The SMILES string of the molecule is CC=CC(=O)NCC(O)C1CC1. The molecule has 1 aliphatic carbocycles. The normalized spacial score (nSPS) is 19.5. The zero-order valence-electron chi connectivity index (χ0n) is 7.29. The van der Waals surface area contributed by atoms with Gasteiger partial charge in [0.1, 0.15) is 0 Å². The fourth-order valence-corrected chi connectivity index (χ4v) is 1.06. The summed E-state index contributed by atoms with van der Waals surface area (Å²) in [6.07, 6.45) is 4.99. The van der Waals surface area contributed by atoms with Crippen molar-refractivity contribution in [1.29, 1.82) is 0 Å². The minimum absolute atomic E-state index is 0.128. The van der Waals surface area contributed by atoms with Gasteiger partial charge in [-0.1, -0.05) is 6.08 Å². The van der Waals surface area contributed by atoms with Gasteiger partial charge in [0.25, 0.3) is 0 Å². The first-order valence-electron chi connectivity index (χ1n) is 4.32. The van der Waals surface area contributed by atoms with E-state index in [1.807, 2.05) is 0 Å². The lowest BCUT2D eigenvalue weighted by molar-refractivity contribution is -0.117. The molecule has 1 atom stereocenters. The van der Waals surface area contributed by atoms with Gasteiger partial charge < -0.3 is 10.4 Å². The Morgan fingerprint density at radius 1 is 1.75 bits per heavy atom. The summed E-state index contributed by atoms with van der Waals surface area (Å²) in [6.45, 7) is 2.17. The number of carbonyl (C=O) groups excluding carboxylic acids is 1. The number of carbonyl (C=O) groups is 1. The minimum Gasteiger partial charge on any atom is -0.391 e. The van der Waals surface area contributed by atoms with Gasteiger partial charge in [0.05, 0.1) is 6.10 Å². The van der Waals surface area contributed by atoms with E-state index in [0.717, 1.165) is 12.8 Å². The van der Waals surface area contributed by atoms with Gasteiger partial charge in [-0.15, -0.1) is 0 Å². The van der Waals surface area contributed by atoms with Gasteiger partial charge in [-0.3, -0.25) is 4.79 Å². The largest absolute Gasteiger partial charge is 0.391 e. The van der Waals surface area contributed by atoms with Crippen LogP contribution in [0.5, 0.6) is 0 Å². The topological polar surface area (TPSA) is 49.3 Å². The zero-order valence-corrected chi connectivity index (χ0v) is 7.29. The molecule has 0 bridgehead atoms. The smallest absolute Gasteiger partial charge is 0.243 e. The van der Waals surface area contributed by atoms with E-state index >= 15 is 0 Å². The molecule has 1 fully saturated rings. The third-order valence-corrected chi connectivity index (χ3v) is 1.97. The Morgan fingerprint density at radius 2 is 2.42 bits per heavy atom. The fourth-order valence-electron chi connectivity index (χ4n) is 1.06. The molecular weight excluding hydrogens is 154 g/mol. The highest BCUT2D eigenvalue weighted by atomic mass is 16.3. The lowest BCUT2D eigenvalue weighted by Crippen LogP contribution is -2.31. The maximum Gasteiger partial charge on any atom is 0.243 e. The number of hydrogen-bond acceptors (Lipinski definition) is 2. The van der Waals surface area contributed by atoms with Crippen LogP contribution >= 0.6 is 0 Å². The second-order valence-electron chi connectivity index (χ2n) is 3.15. The fraction of sp³-hybridized carbons (Fsp3) is 0.667. The van der Waals surface area contributed by atoms with E-state index in [9.17, 15) is 9.90 Å². The van der Waals surface area contributed by atoms with Crippen LogP contribution in [0.25, 0.3) is 0 Å². The van der Waals surface area contributed by atoms with Gasteiger partial charge in [-0.05, 0) is 31.8 Å². The van der Waals surface area contributed by atoms with Crippen molar-refractivity contribution in [2.24, 2.45) is 5.92 Å². The van der Waals surface area contributed by atoms with E-state index in [1.165, 1.54) is 6.08 Å². The van der Waals surface area contributed by atoms with Crippen molar-refractivity contribution in [3.63, 3.8) is 0 Å². The molecule has 0 heterocycles. The average molecular weight is 169 g/mol. The summed E-state index contributed by atoms with van der Waals surface area (Å²) in [4.78, 5) is 10.9. The van der Waals surface area contributed by atoms with Crippen LogP contribution in [0.15, 0.2) is 12.2 Å². The number of aliphatic hydroxyl groups is 1. The summed E-state index contributed by atoms with van der Waals surface area (Å²) in [5, 5.41) is 12.0. The molecule has 0 spiro atoms. The number of hydrogen-bond donors (Lipinski definition) is 2. The summed E-state index contributed by atoms with van der Waals surface area (Å²) in [6, 6.07) is 0. The van der Waals surface area contributed by atoms with Crippen LogP contribution in [0, 0.1) is 5.92 Å². The van der Waals surface area contributed by atoms with Gasteiger partial charge in [0.15, 0.2) is 0 Å². The summed E-state index contributed by atoms with van der Waals surface area (Å²) < 4.78 is 0. The molecule has 0 aromatic carbocycles. The van der Waals surface area contributed by atoms with Crippen LogP contribution < -0.4 is 5.32 Å². The number of aliphatic hydroxyl groups excluding tert-OH is 1. The van der Waals surface area contributed by atoms with Crippen LogP contribution in [-0.2, 0) is 4.79 Å². The summed E-state index contributed by atoms with van der Waals surface area (Å²) in [5.41, 5.74) is 0. The van der Waals surface area contributed by atoms with Crippen molar-refractivity contribution in [3.8, 4) is 0 Å². The van der Waals surface area contributed by atoms with Crippen LogP contribution in [0.4, 0.5) is 0 Å². The molecule has 12 heavy (non-hydrogen) atoms. The second-order valence-corrected chi connectivity index (χ2v) is 3.15. The third-order valence-electron chi connectivity index (χ3n) is 1.97. The molecular formula is C9H15NO2. The molecule has 1 rings (SSSR count). The quantitative estimate of drug-likeness (QED) is 0.600. The van der Waals surface area contributed by atoms with Crippen molar-refractivity contribution in [1.82, 2.24) is 5.32 Å². The van der Waals surface area contributed by atoms with Gasteiger partial charge in [-0.2, -0.15) is 0 Å². The first-order valence-corrected chi connectivity index (χ1v) is 4.32. The maximum atomic E-state index is 10.9. The van der Waals surface area contributed by atoms with Crippen LogP contribution in [0.3, 0.4) is 0 Å². The molecule has 2 N–H and O–H groups in total. The van der Waals surface area contributed by atoms with Gasteiger partial charge in [-0.25, -0.2) is 0 Å². The zero-order chi connectivity index (χ0) is 8.97. The van der Waals surface area contributed by atoms with E-state index < -0.39 is 0 Å². The number of rotatable bonds is 4. The average Bonchev–Trinajstić information content (AvgIpc) is 2.83. The van der Waals surface area contributed by atoms with E-state index in [0.29, 0.717) is 12.5 Å². The van der Waals surface area contributed by atoms with Gasteiger partial charge >= 0.3 is 0 Å². The van der Waals surface area contributed by atoms with Crippen molar-refractivity contribution < 1.29 is 9.90 Å². The van der Waals surface area contributed by atoms with Crippen molar-refractivity contribution in [2.75, 3.05) is 6.54 Å². The molecule has 1 aliphatic rings. The molecule has 3 heteroatoms. The summed E-state index contributed by atoms with van der Waals surface area (Å²) in [7, 11) is 0. The Hall–Kier alpha value is -0.830. The van der Waals surface area contributed by atoms with E-state index in [-0.39, 0.29) is 12.0 Å². The molecule has 0 aromatic heterocycles. The molecule has 0 aromatic rings. The third kappa shape index (κ3) is 3.05. The molecule has 1 saturated carbocycles. The first-order chi connectivity index (χ1) is 5.74. The molecule has 1 amide bonds. The summed E-state index contributed by atoms with van der Waals surface area (Å²) >= 11 is 0. The van der Waals surface area contributed by atoms with Crippen molar-refractivity contribution >= 4 is 5.91 Å². The Labute approximate surface area is 72.5 Å². The standard InChI is InChI=1S/C9H15NO2/c1-2-3-9(12)10-6-8(11)7-4-5-7/h2-3,7-8,11H,4-6H2,1H3,(H,10,12). The van der Waals surface area contributed by atoms with E-state index in [1.54, 1.807) is 13.0 Å². The molecule has 0 aliphatic heterocycles. The molecule has 3 nitrogen and oxygen atoms in total. The Kier molecular flexibility index (Phi) is 3.29. The molecule has 0 saturated heterocycles. The number of allylic oxidation sites excluding steroid dienone is 1. The van der Waals surface area contributed by atoms with Crippen LogP contribution in [0.2, 0.25) is 0 Å². The first kappa shape index (κ1) is 9.26. The van der Waals surface area contributed by atoms with E-state index in [2.05, 4.69) is 5.32 Å². The molecule has 0 radical (unpaired) electrons. The highest BCUT2D eigenvalue weighted by Gasteiger charge is 2.29. The Morgan fingerprint density at radius 3 is 2.92 bits per heavy atom. The van der Waals surface area contributed by atoms with Crippen LogP contribution in [-0.4, -0.2) is 23.7 Å². The molecule has 1 unspecified atom stereocenters. The Bertz CT molecular complexity index is 185. The number of nitrogens with one attached hydrogen (secondary N) is 1. The van der Waals surface area contributed by atoms with Crippen molar-refractivity contribution in [2.45, 2.75) is 25.9 Å². The highest BCUT2D eigenvalue weighted by molar-refractivity contribution is 5.87. The lowest BCUT2D eigenvalue weighted by atomic mass is 10.2. The number of amides is 1. The Balaban J connectivity index is 2.11. The molecule has 68 valence electrons. The van der Waals surface area contributed by atoms with E-state index in [4.69, 9.17) is 0 Å². The minimum atomic E-state index is -0.348. The second kappa shape index (κ2) is 4.26. The monoisotopic (exact) mass is 169 g/mol. The predicted octanol–water partition coefficient (Wildman–Crippen LogP) is 0.450. The maximum absolute atomic E-state index is 10.9. The van der Waals surface area contributed by atoms with Crippen molar-refractivity contribution in [3.05, 3.63) is 12.2 Å².